The summed E-state index contributed by atoms with van der Waals surface area (Å²) in [4.78, 5) is 5.36. The van der Waals surface area contributed by atoms with Crippen molar-refractivity contribution in [3.63, 3.8) is 0 Å². The third-order valence-corrected chi connectivity index (χ3v) is 4.70. The van der Waals surface area contributed by atoms with Crippen LogP contribution in [0.4, 0.5) is 0 Å². The highest BCUT2D eigenvalue weighted by molar-refractivity contribution is 7.89. The maximum atomic E-state index is 12.1. The number of hydrogen-bond acceptors (Lipinski definition) is 4. The van der Waals surface area contributed by atoms with E-state index in [0.29, 0.717) is 24.0 Å². The Morgan fingerprint density at radius 1 is 1.40 bits per heavy atom. The van der Waals surface area contributed by atoms with Crippen molar-refractivity contribution >= 4 is 10.0 Å². The van der Waals surface area contributed by atoms with Gasteiger partial charge in [-0.2, -0.15) is 0 Å². The monoisotopic (exact) mass is 300 g/mol. The van der Waals surface area contributed by atoms with Crippen LogP contribution in [0.15, 0.2) is 17.2 Å². The Morgan fingerprint density at radius 3 is 2.80 bits per heavy atom. The second kappa shape index (κ2) is 6.71. The first-order valence-electron chi connectivity index (χ1n) is 7.02. The molecule has 114 valence electrons. The molecule has 0 saturated heterocycles. The van der Waals surface area contributed by atoms with Gasteiger partial charge in [-0.3, -0.25) is 0 Å². The standard InChI is InChI=1S/C13H24N4O2S/c1-17(2)7-3-6-16-20(18,19)13-8-12(15-10-13)9-14-11-4-5-11/h8,10-11,14-16H,3-7,9H2,1-2H3. The summed E-state index contributed by atoms with van der Waals surface area (Å²) >= 11 is 0. The van der Waals surface area contributed by atoms with Crippen LogP contribution in [-0.2, 0) is 16.6 Å². The molecule has 1 aliphatic rings. The summed E-state index contributed by atoms with van der Waals surface area (Å²) in [5.74, 6) is 0. The van der Waals surface area contributed by atoms with Crippen molar-refractivity contribution in [3.8, 4) is 0 Å². The van der Waals surface area contributed by atoms with Gasteiger partial charge >= 0.3 is 0 Å². The fourth-order valence-corrected chi connectivity index (χ4v) is 2.99. The van der Waals surface area contributed by atoms with Crippen LogP contribution < -0.4 is 10.0 Å². The minimum Gasteiger partial charge on any atom is -0.363 e. The minimum absolute atomic E-state index is 0.315. The van der Waals surface area contributed by atoms with Gasteiger partial charge in [-0.15, -0.1) is 0 Å². The number of nitrogens with one attached hydrogen (secondary N) is 3. The Bertz CT molecular complexity index is 520. The summed E-state index contributed by atoms with van der Waals surface area (Å²) < 4.78 is 26.8. The summed E-state index contributed by atoms with van der Waals surface area (Å²) in [5.41, 5.74) is 0.908. The maximum absolute atomic E-state index is 12.1. The summed E-state index contributed by atoms with van der Waals surface area (Å²) in [7, 11) is 0.556. The van der Waals surface area contributed by atoms with Crippen LogP contribution in [0.1, 0.15) is 25.0 Å². The number of hydrogen-bond donors (Lipinski definition) is 3. The number of aromatic nitrogens is 1. The van der Waals surface area contributed by atoms with E-state index in [-0.39, 0.29) is 0 Å². The van der Waals surface area contributed by atoms with Gasteiger partial charge in [0.15, 0.2) is 0 Å². The van der Waals surface area contributed by atoms with Gasteiger partial charge in [0.2, 0.25) is 10.0 Å². The second-order valence-electron chi connectivity index (χ2n) is 5.57. The summed E-state index contributed by atoms with van der Waals surface area (Å²) in [6.07, 6.45) is 4.80. The molecule has 0 aliphatic heterocycles. The lowest BCUT2D eigenvalue weighted by Crippen LogP contribution is -2.27. The van der Waals surface area contributed by atoms with E-state index in [1.54, 1.807) is 12.3 Å². The average molecular weight is 300 g/mol. The van der Waals surface area contributed by atoms with E-state index in [0.717, 1.165) is 18.7 Å². The number of sulfonamides is 1. The van der Waals surface area contributed by atoms with Gasteiger partial charge in [-0.05, 0) is 46.0 Å². The smallest absolute Gasteiger partial charge is 0.242 e. The second-order valence-corrected chi connectivity index (χ2v) is 7.34. The summed E-state index contributed by atoms with van der Waals surface area (Å²) in [6.45, 7) is 2.02. The van der Waals surface area contributed by atoms with E-state index in [2.05, 4.69) is 15.0 Å². The third-order valence-electron chi connectivity index (χ3n) is 3.26. The van der Waals surface area contributed by atoms with Crippen LogP contribution in [-0.4, -0.2) is 51.5 Å². The minimum atomic E-state index is -3.39. The lowest BCUT2D eigenvalue weighted by Gasteiger charge is -2.09. The highest BCUT2D eigenvalue weighted by atomic mass is 32.2. The molecule has 1 heterocycles. The quantitative estimate of drug-likeness (QED) is 0.580. The fraction of sp³-hybridized carbons (Fsp3) is 0.692. The molecule has 0 amide bonds. The first kappa shape index (κ1) is 15.5. The van der Waals surface area contributed by atoms with Crippen molar-refractivity contribution in [1.29, 1.82) is 0 Å². The van der Waals surface area contributed by atoms with Gasteiger partial charge in [0.25, 0.3) is 0 Å². The predicted octanol–water partition coefficient (Wildman–Crippen LogP) is 0.497. The Labute approximate surface area is 121 Å². The first-order chi connectivity index (χ1) is 9.47. The molecular weight excluding hydrogens is 276 g/mol. The van der Waals surface area contributed by atoms with E-state index in [4.69, 9.17) is 0 Å². The Kier molecular flexibility index (Phi) is 5.20. The van der Waals surface area contributed by atoms with Gasteiger partial charge in [-0.25, -0.2) is 13.1 Å². The molecule has 2 rings (SSSR count). The molecule has 6 nitrogen and oxygen atoms in total. The largest absolute Gasteiger partial charge is 0.363 e. The Balaban J connectivity index is 1.81. The average Bonchev–Trinajstić information content (AvgIpc) is 3.08. The number of nitrogens with zero attached hydrogens (tertiary/aromatic N) is 1. The molecule has 0 radical (unpaired) electrons. The predicted molar refractivity (Wildman–Crippen MR) is 79.0 cm³/mol. The molecule has 20 heavy (non-hydrogen) atoms. The van der Waals surface area contributed by atoms with Crippen LogP contribution in [0.25, 0.3) is 0 Å². The molecule has 1 aromatic heterocycles. The zero-order chi connectivity index (χ0) is 14.6. The van der Waals surface area contributed by atoms with Gasteiger partial charge in [0.05, 0.1) is 4.90 Å². The van der Waals surface area contributed by atoms with Crippen molar-refractivity contribution in [3.05, 3.63) is 18.0 Å². The highest BCUT2D eigenvalue weighted by Crippen LogP contribution is 2.19. The van der Waals surface area contributed by atoms with Crippen LogP contribution >= 0.6 is 0 Å². The highest BCUT2D eigenvalue weighted by Gasteiger charge is 2.21. The van der Waals surface area contributed by atoms with Crippen LogP contribution in [0, 0.1) is 0 Å². The van der Waals surface area contributed by atoms with Gasteiger partial charge in [-0.1, -0.05) is 0 Å². The van der Waals surface area contributed by atoms with Gasteiger partial charge in [0.1, 0.15) is 0 Å². The third kappa shape index (κ3) is 4.90. The zero-order valence-corrected chi connectivity index (χ0v) is 13.0. The molecule has 0 spiro atoms. The van der Waals surface area contributed by atoms with Gasteiger partial charge < -0.3 is 15.2 Å². The van der Waals surface area contributed by atoms with Crippen molar-refractivity contribution in [2.75, 3.05) is 27.2 Å². The molecule has 1 aliphatic carbocycles. The first-order valence-corrected chi connectivity index (χ1v) is 8.51. The number of aromatic amines is 1. The van der Waals surface area contributed by atoms with E-state index >= 15 is 0 Å². The zero-order valence-electron chi connectivity index (χ0n) is 12.1. The number of H-pyrrole nitrogens is 1. The van der Waals surface area contributed by atoms with Gasteiger partial charge in [0, 0.05) is 31.0 Å². The van der Waals surface area contributed by atoms with Crippen molar-refractivity contribution in [2.45, 2.75) is 36.7 Å². The van der Waals surface area contributed by atoms with Crippen molar-refractivity contribution in [2.24, 2.45) is 0 Å². The lowest BCUT2D eigenvalue weighted by molar-refractivity contribution is 0.400. The summed E-state index contributed by atoms with van der Waals surface area (Å²) in [5, 5.41) is 3.35. The molecule has 7 heteroatoms. The molecule has 3 N–H and O–H groups in total. The van der Waals surface area contributed by atoms with Crippen LogP contribution in [0.5, 0.6) is 0 Å². The maximum Gasteiger partial charge on any atom is 0.242 e. The Morgan fingerprint density at radius 2 is 2.15 bits per heavy atom. The molecule has 0 bridgehead atoms. The molecule has 0 aromatic carbocycles. The summed E-state index contributed by atoms with van der Waals surface area (Å²) in [6, 6.07) is 2.31. The van der Waals surface area contributed by atoms with E-state index in [1.165, 1.54) is 12.8 Å². The van der Waals surface area contributed by atoms with Crippen LogP contribution in [0.3, 0.4) is 0 Å². The fourth-order valence-electron chi connectivity index (χ4n) is 1.90. The van der Waals surface area contributed by atoms with Crippen molar-refractivity contribution < 1.29 is 8.42 Å². The van der Waals surface area contributed by atoms with Crippen molar-refractivity contribution in [1.82, 2.24) is 19.9 Å². The van der Waals surface area contributed by atoms with Crippen LogP contribution in [0.2, 0.25) is 0 Å². The molecule has 1 aromatic rings. The van der Waals surface area contributed by atoms with E-state index < -0.39 is 10.0 Å². The molecule has 1 fully saturated rings. The normalized spacial score (nSPS) is 15.9. The number of rotatable bonds is 9. The molecular formula is C13H24N4O2S. The SMILES string of the molecule is CN(C)CCCNS(=O)(=O)c1c[nH]c(CNC2CC2)c1. The molecule has 0 unspecified atom stereocenters. The topological polar surface area (TPSA) is 77.2 Å². The lowest BCUT2D eigenvalue weighted by atomic mass is 10.4. The molecule has 0 atom stereocenters. The Hall–Kier alpha value is -0.890. The van der Waals surface area contributed by atoms with E-state index in [9.17, 15) is 8.42 Å². The van der Waals surface area contributed by atoms with E-state index in [1.807, 2.05) is 19.0 Å². The molecule has 1 saturated carbocycles.